The maximum Gasteiger partial charge on any atom is 1.00 e. The molecule has 13 rings (SSSR count). The van der Waals surface area contributed by atoms with Crippen LogP contribution in [0.3, 0.4) is 0 Å². The van der Waals surface area contributed by atoms with Crippen molar-refractivity contribution in [2.75, 3.05) is 33.5 Å². The van der Waals surface area contributed by atoms with Crippen molar-refractivity contribution in [2.45, 2.75) is 257 Å². The van der Waals surface area contributed by atoms with Crippen LogP contribution < -0.4 is 35.2 Å². The van der Waals surface area contributed by atoms with E-state index in [-0.39, 0.29) is 88.6 Å². The summed E-state index contributed by atoms with van der Waals surface area (Å²) in [6, 6.07) is 26.9. The second-order valence-corrected chi connectivity index (χ2v) is 28.9. The normalized spacial score (nSPS) is 13.6. The smallest absolute Gasteiger partial charge is 0.870 e. The number of carbonyl (C=O) groups excluding carboxylic acids is 4. The Morgan fingerprint density at radius 1 is 0.509 bits per heavy atom. The van der Waals surface area contributed by atoms with Gasteiger partial charge < -0.3 is 51.4 Å². The molecule has 116 heavy (non-hydrogen) atoms. The van der Waals surface area contributed by atoms with Crippen LogP contribution >= 0.6 is 40.5 Å². The number of aliphatic imine (C=N–C) groups is 1. The van der Waals surface area contributed by atoms with E-state index in [1.165, 1.54) is 128 Å². The molecule has 5 aromatic heterocycles. The average Bonchev–Trinajstić information content (AvgIpc) is 1.78. The number of aromatic amines is 2. The molecule has 0 bridgehead atoms. The third kappa shape index (κ3) is 35.2. The van der Waals surface area contributed by atoms with Crippen molar-refractivity contribution in [3.63, 3.8) is 0 Å². The molecule has 2 amide bonds. The van der Waals surface area contributed by atoms with Gasteiger partial charge in [0.25, 0.3) is 11.8 Å². The first-order chi connectivity index (χ1) is 54.2. The number of nitrogens with two attached hydrogens (primary N) is 1. The summed E-state index contributed by atoms with van der Waals surface area (Å²) in [5.41, 5.74) is 22.4. The molecule has 24 nitrogen and oxygen atoms in total. The van der Waals surface area contributed by atoms with E-state index in [4.69, 9.17) is 45.1 Å². The number of amides is 2. The van der Waals surface area contributed by atoms with E-state index in [1.807, 2.05) is 6.07 Å². The van der Waals surface area contributed by atoms with E-state index < -0.39 is 30.1 Å². The number of carbonyl (C=O) groups is 6. The molecule has 10 N–H and O–H groups in total. The van der Waals surface area contributed by atoms with Gasteiger partial charge in [-0.15, -0.1) is 0 Å². The number of benzene rings is 3. The minimum atomic E-state index is -0.996. The van der Waals surface area contributed by atoms with E-state index >= 15 is 0 Å². The van der Waals surface area contributed by atoms with Crippen molar-refractivity contribution < 1.29 is 82.6 Å². The molecule has 8 aromatic rings. The van der Waals surface area contributed by atoms with Crippen molar-refractivity contribution in [3.05, 3.63) is 188 Å². The third-order valence-electron chi connectivity index (χ3n) is 20.5. The summed E-state index contributed by atoms with van der Waals surface area (Å²) in [5.74, 6) is -3.18. The van der Waals surface area contributed by atoms with E-state index in [2.05, 4.69) is 78.8 Å². The number of nitrogens with one attached hydrogen (secondary N) is 4. The Morgan fingerprint density at radius 2 is 0.948 bits per heavy atom. The fourth-order valence-electron chi connectivity index (χ4n) is 14.2. The van der Waals surface area contributed by atoms with Crippen molar-refractivity contribution in [1.29, 1.82) is 0 Å². The number of fused-ring (bicyclic) bond motifs is 6. The Labute approximate surface area is 717 Å². The molecule has 3 atom stereocenters. The number of pyridine rings is 3. The second kappa shape index (κ2) is 57.9. The number of nitrogens with zero attached hydrogens (tertiary/aromatic N) is 6. The van der Waals surface area contributed by atoms with Gasteiger partial charge in [0.2, 0.25) is 0 Å². The number of hydrogen-bond acceptors (Lipinski definition) is 18. The Balaban J connectivity index is 0.000000399. The minimum Gasteiger partial charge on any atom is -0.870 e. The van der Waals surface area contributed by atoms with Crippen LogP contribution in [0.2, 0.25) is 0 Å². The topological polar surface area (TPSA) is 379 Å². The number of rotatable bonds is 34. The van der Waals surface area contributed by atoms with Gasteiger partial charge in [0.15, 0.2) is 0 Å². The summed E-state index contributed by atoms with van der Waals surface area (Å²) in [4.78, 5) is 89.9. The first-order valence-corrected chi connectivity index (χ1v) is 40.6. The summed E-state index contributed by atoms with van der Waals surface area (Å²) < 4.78 is 15.1. The van der Waals surface area contributed by atoms with Crippen LogP contribution in [0, 0.1) is 6.42 Å². The summed E-state index contributed by atoms with van der Waals surface area (Å²) in [7, 11) is 1.00. The monoisotopic (exact) mass is 1650 g/mol. The number of esters is 2. The van der Waals surface area contributed by atoms with Gasteiger partial charge in [0.1, 0.15) is 24.5 Å². The van der Waals surface area contributed by atoms with Gasteiger partial charge in [-0.05, 0) is 218 Å². The number of carboxylic acid groups (broad SMARTS) is 2. The van der Waals surface area contributed by atoms with Crippen molar-refractivity contribution in [3.8, 4) is 0 Å². The summed E-state index contributed by atoms with van der Waals surface area (Å²) in [6.45, 7) is 6.89. The van der Waals surface area contributed by atoms with Crippen LogP contribution in [0.25, 0.3) is 21.8 Å². The summed E-state index contributed by atoms with van der Waals surface area (Å²) >= 11 is 0. The molecule has 28 heteroatoms. The molecule has 628 valence electrons. The predicted octanol–water partition coefficient (Wildman–Crippen LogP) is 12.1. The van der Waals surface area contributed by atoms with Gasteiger partial charge >= 0.3 is 42.7 Å². The molecule has 1 saturated heterocycles. The fourth-order valence-corrected chi connectivity index (χ4v) is 14.2. The van der Waals surface area contributed by atoms with Gasteiger partial charge in [0.05, 0.1) is 67.3 Å². The number of aromatic nitrogens is 7. The number of hydrogen-bond donors (Lipinski definition) is 8. The quantitative estimate of drug-likeness (QED) is 0.00803. The summed E-state index contributed by atoms with van der Waals surface area (Å²) in [6.07, 6.45) is 43.8. The number of aliphatic carboxylic acids is 1. The molecule has 7 heterocycles. The predicted molar refractivity (Wildman–Crippen MR) is 466 cm³/mol. The maximum absolute atomic E-state index is 12.8. The van der Waals surface area contributed by atoms with Crippen LogP contribution in [0.4, 0.5) is 0 Å². The zero-order valence-corrected chi connectivity index (χ0v) is 71.5. The number of ether oxygens (including phenoxy) is 3. The van der Waals surface area contributed by atoms with Gasteiger partial charge in [0, 0.05) is 83.3 Å². The van der Waals surface area contributed by atoms with Crippen LogP contribution in [-0.4, -0.2) is 150 Å². The fraction of sp³-hybridized carbons (Fsp3) is 0.511. The molecule has 1 fully saturated rings. The first-order valence-electron chi connectivity index (χ1n) is 40.6. The number of H-pyrrole nitrogens is 2. The van der Waals surface area contributed by atoms with Gasteiger partial charge in [-0.3, -0.25) is 44.5 Å². The second-order valence-electron chi connectivity index (χ2n) is 28.9. The van der Waals surface area contributed by atoms with Crippen molar-refractivity contribution in [2.24, 2.45) is 10.7 Å². The van der Waals surface area contributed by atoms with Crippen molar-refractivity contribution in [1.82, 2.24) is 46.0 Å². The average molecular weight is 1650 g/mol. The Morgan fingerprint density at radius 3 is 1.43 bits per heavy atom. The third-order valence-corrected chi connectivity index (χ3v) is 20.5. The molecule has 3 aliphatic carbocycles. The zero-order valence-electron chi connectivity index (χ0n) is 68.5. The van der Waals surface area contributed by atoms with E-state index in [1.54, 1.807) is 81.0 Å². The largest absolute Gasteiger partial charge is 1.00 e. The molecular formula is C88H125LiN11O13S3+. The molecule has 3 aromatic carbocycles. The van der Waals surface area contributed by atoms with Crippen LogP contribution in [0.15, 0.2) is 108 Å². The van der Waals surface area contributed by atoms with Gasteiger partial charge in [-0.2, -0.15) is 50.7 Å². The molecular weight excluding hydrogens is 1520 g/mol. The number of aryl methyl sites for hydroxylation is 8. The minimum absolute atomic E-state index is 0. The SMILES string of the molecule is C1CCOC1.CCOC(=O)[C@@H](N)CCCCCCCc1ccc2c(n1)C[CH+]CC2.CCOC(=O)[C@H](CCCCCCCc1ccc2c(n1)CCCC2)NC(=O)c1ccc2cn[nH]c2c1.CO.O=C(N[C@@H](CCCCCCCc1ccc2c(n1)CCCC2)C(=O)O)c1ccc2cn[nH]c2c1.O=C(O)c1ccc2c(c1)CN=C2.S.S.S.[Li+].[OH-]. The van der Waals surface area contributed by atoms with Gasteiger partial charge in [-0.25, -0.2) is 14.4 Å². The Bertz CT molecular complexity index is 4250. The first kappa shape index (κ1) is 102. The number of unbranched alkanes of at least 4 members (excludes halogenated alkanes) is 12. The molecule has 5 aliphatic rings. The number of aromatic carboxylic acids is 1. The molecule has 2 aliphatic heterocycles. The molecule has 0 radical (unpaired) electrons. The Hall–Kier alpha value is -8.10. The number of aliphatic hydroxyl groups excluding tert-OH is 1. The standard InChI is InChI=1S/C28H36N4O3.C26H32N4O3.C20H31N2O2.C9H7NO2.C4H8O.CH4O.Li.H2O.3H2S/c1-2-35-28(34)25(31-27(33)21-14-15-22-19-29-32-26(22)18-21)13-7-5-3-4-6-11-23-17-16-20-10-8-9-12-24(20)30-23;31-25(19-12-13-20-17-27-30-24(20)16-19)29-23(26(32)33)11-5-3-1-2-4-9-21-15-14-18-8-6-7-10-22(18)28-21;1-2-24-20(23)18(21)12-7-5-3-4-6-11-17-15-14-16-10-8-9-13-19(16)22-17;11-9(12)6-1-2-7-4-10-5-8(7)3-6;1-2-4-5-3-1;1-2;;;;;/h14-19,25H,2-13H2,1H3,(H,29,32)(H,31,33);12-17,23H,1-11H2,(H,27,30)(H,29,31)(H,32,33);9,14-15,18H,2-8,10-13,21H2,1H3;1-4H,5H2,(H,11,12);1-4H2;2H,1H3;;4*1H2/q;;+1;;;;+1;;;;/p-1/t25-;23-;18-;;;;;;;;/m000......../s1. The summed E-state index contributed by atoms with van der Waals surface area (Å²) in [5, 5.41) is 46.2. The number of carboxylic acids is 2. The van der Waals surface area contributed by atoms with E-state index in [9.17, 15) is 33.9 Å². The molecule has 0 unspecified atom stereocenters. The van der Waals surface area contributed by atoms with Crippen molar-refractivity contribution >= 4 is 104 Å². The zero-order chi connectivity index (χ0) is 78.8. The molecule has 0 saturated carbocycles. The maximum atomic E-state index is 12.8. The molecule has 0 spiro atoms. The van der Waals surface area contributed by atoms with Crippen LogP contribution in [0.5, 0.6) is 0 Å². The Kier molecular flexibility index (Phi) is 51.0. The van der Waals surface area contributed by atoms with E-state index in [0.29, 0.717) is 49.3 Å². The van der Waals surface area contributed by atoms with Gasteiger partial charge in [-0.1, -0.05) is 113 Å². The van der Waals surface area contributed by atoms with Crippen LogP contribution in [0.1, 0.15) is 267 Å². The van der Waals surface area contributed by atoms with Crippen LogP contribution in [-0.2, 0) is 92.9 Å². The van der Waals surface area contributed by atoms with E-state index in [0.717, 1.165) is 182 Å². The number of aliphatic hydroxyl groups is 1.